The summed E-state index contributed by atoms with van der Waals surface area (Å²) in [6.45, 7) is 0. The van der Waals surface area contributed by atoms with Gasteiger partial charge in [-0.1, -0.05) is 58.0 Å². The van der Waals surface area contributed by atoms with Gasteiger partial charge in [0.15, 0.2) is 16.7 Å². The van der Waals surface area contributed by atoms with Crippen molar-refractivity contribution >= 4 is 39.1 Å². The first-order valence-corrected chi connectivity index (χ1v) is 8.44. The summed E-state index contributed by atoms with van der Waals surface area (Å²) >= 11 is 4.61. The van der Waals surface area contributed by atoms with Gasteiger partial charge in [-0.25, -0.2) is 4.39 Å². The van der Waals surface area contributed by atoms with E-state index in [2.05, 4.69) is 26.1 Å². The SMILES string of the molecule is COc1c(F)cc(Br)cc1C=NN=C(N)SCc1ccccc1. The Kier molecular flexibility index (Phi) is 6.61. The number of hydrogen-bond acceptors (Lipinski definition) is 4. The standard InChI is InChI=1S/C16H15BrFN3OS/c1-22-15-12(7-13(17)8-14(15)18)9-20-21-16(19)23-10-11-5-3-2-4-6-11/h2-9H,10H2,1H3,(H2,19,21). The quantitative estimate of drug-likeness (QED) is 0.469. The fraction of sp³-hybridized carbons (Fsp3) is 0.125. The maximum absolute atomic E-state index is 13.7. The largest absolute Gasteiger partial charge is 0.493 e. The van der Waals surface area contributed by atoms with Crippen molar-refractivity contribution in [2.24, 2.45) is 15.9 Å². The van der Waals surface area contributed by atoms with Crippen LogP contribution in [0, 0.1) is 5.82 Å². The Labute approximate surface area is 146 Å². The second-order valence-electron chi connectivity index (χ2n) is 4.47. The molecule has 0 atom stereocenters. The summed E-state index contributed by atoms with van der Waals surface area (Å²) in [5.41, 5.74) is 7.43. The summed E-state index contributed by atoms with van der Waals surface area (Å²) in [5.74, 6) is 0.349. The van der Waals surface area contributed by atoms with Gasteiger partial charge in [0, 0.05) is 15.8 Å². The van der Waals surface area contributed by atoms with Crippen LogP contribution in [0.5, 0.6) is 5.75 Å². The molecule has 0 amide bonds. The summed E-state index contributed by atoms with van der Waals surface area (Å²) in [6.07, 6.45) is 1.41. The molecule has 2 aromatic carbocycles. The first kappa shape index (κ1) is 17.5. The van der Waals surface area contributed by atoms with E-state index in [-0.39, 0.29) is 5.75 Å². The van der Waals surface area contributed by atoms with Crippen LogP contribution in [0.2, 0.25) is 0 Å². The number of amidine groups is 1. The number of hydrogen-bond donors (Lipinski definition) is 1. The zero-order valence-electron chi connectivity index (χ0n) is 12.4. The van der Waals surface area contributed by atoms with E-state index in [4.69, 9.17) is 10.5 Å². The van der Waals surface area contributed by atoms with Crippen LogP contribution in [0.4, 0.5) is 4.39 Å². The zero-order chi connectivity index (χ0) is 16.7. The van der Waals surface area contributed by atoms with Gasteiger partial charge >= 0.3 is 0 Å². The number of rotatable bonds is 5. The van der Waals surface area contributed by atoms with E-state index in [9.17, 15) is 4.39 Å². The molecule has 120 valence electrons. The van der Waals surface area contributed by atoms with Gasteiger partial charge in [0.1, 0.15) is 0 Å². The van der Waals surface area contributed by atoms with Crippen molar-refractivity contribution in [1.29, 1.82) is 0 Å². The summed E-state index contributed by atoms with van der Waals surface area (Å²) in [6, 6.07) is 12.9. The second-order valence-corrected chi connectivity index (χ2v) is 6.38. The van der Waals surface area contributed by atoms with E-state index in [0.717, 1.165) is 5.56 Å². The molecule has 4 nitrogen and oxygen atoms in total. The smallest absolute Gasteiger partial charge is 0.180 e. The molecule has 7 heteroatoms. The Balaban J connectivity index is 2.02. The van der Waals surface area contributed by atoms with Gasteiger partial charge in [0.2, 0.25) is 0 Å². The lowest BCUT2D eigenvalue weighted by Gasteiger charge is -2.05. The van der Waals surface area contributed by atoms with Crippen molar-refractivity contribution in [3.63, 3.8) is 0 Å². The Bertz CT molecular complexity index is 723. The van der Waals surface area contributed by atoms with Crippen molar-refractivity contribution in [2.45, 2.75) is 5.75 Å². The molecule has 0 saturated heterocycles. The highest BCUT2D eigenvalue weighted by atomic mass is 79.9. The minimum atomic E-state index is -0.473. The van der Waals surface area contributed by atoms with E-state index < -0.39 is 5.82 Å². The van der Waals surface area contributed by atoms with Crippen LogP contribution in [-0.2, 0) is 5.75 Å². The number of halogens is 2. The third-order valence-corrected chi connectivity index (χ3v) is 4.14. The van der Waals surface area contributed by atoms with Crippen LogP contribution in [0.25, 0.3) is 0 Å². The molecule has 0 heterocycles. The van der Waals surface area contributed by atoms with Gasteiger partial charge in [-0.3, -0.25) is 0 Å². The summed E-state index contributed by atoms with van der Waals surface area (Å²) < 4.78 is 19.3. The van der Waals surface area contributed by atoms with Crippen LogP contribution < -0.4 is 10.5 Å². The van der Waals surface area contributed by atoms with E-state index in [1.54, 1.807) is 6.07 Å². The van der Waals surface area contributed by atoms with Crippen molar-refractivity contribution in [3.8, 4) is 5.75 Å². The van der Waals surface area contributed by atoms with Crippen LogP contribution in [0.1, 0.15) is 11.1 Å². The number of nitrogens with zero attached hydrogens (tertiary/aromatic N) is 2. The average Bonchev–Trinajstić information content (AvgIpc) is 2.53. The fourth-order valence-corrected chi connectivity index (χ4v) is 2.86. The van der Waals surface area contributed by atoms with Gasteiger partial charge in [0.05, 0.1) is 13.3 Å². The summed E-state index contributed by atoms with van der Waals surface area (Å²) in [4.78, 5) is 0. The number of methoxy groups -OCH3 is 1. The van der Waals surface area contributed by atoms with E-state index in [1.807, 2.05) is 30.3 Å². The highest BCUT2D eigenvalue weighted by molar-refractivity contribution is 9.10. The molecule has 0 aliphatic carbocycles. The molecule has 0 bridgehead atoms. The van der Waals surface area contributed by atoms with E-state index in [0.29, 0.717) is 21.0 Å². The van der Waals surface area contributed by atoms with Crippen LogP contribution in [-0.4, -0.2) is 18.5 Å². The van der Waals surface area contributed by atoms with Crippen molar-refractivity contribution in [3.05, 3.63) is 63.9 Å². The molecule has 0 fully saturated rings. The predicted octanol–water partition coefficient (Wildman–Crippen LogP) is 4.18. The summed E-state index contributed by atoms with van der Waals surface area (Å²) in [7, 11) is 1.40. The minimum Gasteiger partial charge on any atom is -0.493 e. The predicted molar refractivity (Wildman–Crippen MR) is 97.6 cm³/mol. The number of thioether (sulfide) groups is 1. The van der Waals surface area contributed by atoms with Crippen molar-refractivity contribution < 1.29 is 9.13 Å². The fourth-order valence-electron chi connectivity index (χ4n) is 1.80. The van der Waals surface area contributed by atoms with Crippen LogP contribution >= 0.6 is 27.7 Å². The van der Waals surface area contributed by atoms with Gasteiger partial charge in [-0.05, 0) is 17.7 Å². The maximum Gasteiger partial charge on any atom is 0.180 e. The molecular formula is C16H15BrFN3OS. The minimum absolute atomic E-state index is 0.114. The average molecular weight is 396 g/mol. The molecule has 2 N–H and O–H groups in total. The first-order chi connectivity index (χ1) is 11.1. The zero-order valence-corrected chi connectivity index (χ0v) is 14.8. The number of ether oxygens (including phenoxy) is 1. The molecule has 23 heavy (non-hydrogen) atoms. The third-order valence-electron chi connectivity index (χ3n) is 2.82. The monoisotopic (exact) mass is 395 g/mol. The Morgan fingerprint density at radius 1 is 1.35 bits per heavy atom. The Morgan fingerprint density at radius 3 is 2.78 bits per heavy atom. The lowest BCUT2D eigenvalue weighted by atomic mass is 10.2. The molecular weight excluding hydrogens is 381 g/mol. The molecule has 0 saturated carbocycles. The topological polar surface area (TPSA) is 60.0 Å². The highest BCUT2D eigenvalue weighted by Gasteiger charge is 2.09. The molecule has 0 aromatic heterocycles. The number of nitrogens with two attached hydrogens (primary N) is 1. The van der Waals surface area contributed by atoms with Crippen LogP contribution in [0.3, 0.4) is 0 Å². The second kappa shape index (κ2) is 8.69. The van der Waals surface area contributed by atoms with Gasteiger partial charge < -0.3 is 10.5 Å². The molecule has 0 spiro atoms. The van der Waals surface area contributed by atoms with Crippen molar-refractivity contribution in [2.75, 3.05) is 7.11 Å². The molecule has 2 rings (SSSR count). The first-order valence-electron chi connectivity index (χ1n) is 6.66. The van der Waals surface area contributed by atoms with Crippen LogP contribution in [0.15, 0.2) is 57.1 Å². The molecule has 0 aliphatic rings. The van der Waals surface area contributed by atoms with Gasteiger partial charge in [-0.15, -0.1) is 5.10 Å². The lowest BCUT2D eigenvalue weighted by molar-refractivity contribution is 0.385. The van der Waals surface area contributed by atoms with Crippen molar-refractivity contribution in [1.82, 2.24) is 0 Å². The summed E-state index contributed by atoms with van der Waals surface area (Å²) in [5, 5.41) is 8.13. The van der Waals surface area contributed by atoms with E-state index >= 15 is 0 Å². The Hall–Kier alpha value is -1.86. The van der Waals surface area contributed by atoms with E-state index in [1.165, 1.54) is 31.2 Å². The maximum atomic E-state index is 13.7. The molecule has 0 aliphatic heterocycles. The third kappa shape index (κ3) is 5.37. The van der Waals surface area contributed by atoms with Gasteiger partial charge in [-0.2, -0.15) is 5.10 Å². The lowest BCUT2D eigenvalue weighted by Crippen LogP contribution is -2.06. The highest BCUT2D eigenvalue weighted by Crippen LogP contribution is 2.25. The normalized spacial score (nSPS) is 11.9. The number of benzene rings is 2. The van der Waals surface area contributed by atoms with Gasteiger partial charge in [0.25, 0.3) is 0 Å². The molecule has 0 radical (unpaired) electrons. The Morgan fingerprint density at radius 2 is 2.09 bits per heavy atom. The molecule has 2 aromatic rings. The molecule has 0 unspecified atom stereocenters.